The van der Waals surface area contributed by atoms with Gasteiger partial charge < -0.3 is 5.73 Å². The predicted octanol–water partition coefficient (Wildman–Crippen LogP) is 1.26. The molecule has 0 unspecified atom stereocenters. The van der Waals surface area contributed by atoms with Crippen molar-refractivity contribution in [3.05, 3.63) is 42.5 Å². The second-order valence-corrected chi connectivity index (χ2v) is 4.21. The zero-order valence-electron chi connectivity index (χ0n) is 10.9. The molecule has 0 fully saturated rings. The molecule has 0 spiro atoms. The fourth-order valence-corrected chi connectivity index (χ4v) is 1.81. The van der Waals surface area contributed by atoms with E-state index >= 15 is 0 Å². The Morgan fingerprint density at radius 2 is 1.90 bits per heavy atom. The third-order valence-electron chi connectivity index (χ3n) is 2.88. The summed E-state index contributed by atoms with van der Waals surface area (Å²) in [5.41, 5.74) is 7.88. The largest absolute Gasteiger partial charge is 0.368 e. The molecule has 0 amide bonds. The van der Waals surface area contributed by atoms with E-state index in [1.807, 2.05) is 24.3 Å². The number of aromatic nitrogens is 6. The van der Waals surface area contributed by atoms with Gasteiger partial charge in [-0.15, -0.1) is 0 Å². The lowest BCUT2D eigenvalue weighted by atomic mass is 10.1. The van der Waals surface area contributed by atoms with Gasteiger partial charge in [-0.2, -0.15) is 24.7 Å². The highest BCUT2D eigenvalue weighted by Crippen LogP contribution is 2.17. The Hall–Kier alpha value is -2.83. The number of anilines is 1. The van der Waals surface area contributed by atoms with Crippen molar-refractivity contribution in [2.75, 3.05) is 5.73 Å². The Kier molecular flexibility index (Phi) is 3.08. The molecule has 0 saturated carbocycles. The van der Waals surface area contributed by atoms with Crippen LogP contribution in [0.5, 0.6) is 0 Å². The van der Waals surface area contributed by atoms with E-state index in [4.69, 9.17) is 5.73 Å². The summed E-state index contributed by atoms with van der Waals surface area (Å²) >= 11 is 0. The van der Waals surface area contributed by atoms with Gasteiger partial charge in [-0.25, -0.2) is 4.98 Å². The van der Waals surface area contributed by atoms with Crippen LogP contribution in [0, 0.1) is 0 Å². The minimum absolute atomic E-state index is 0.153. The number of hydrogen-bond donors (Lipinski definition) is 1. The lowest BCUT2D eigenvalue weighted by Crippen LogP contribution is -2.08. The number of nitrogens with zero attached hydrogens (tertiary/aromatic N) is 6. The molecule has 100 valence electrons. The third kappa shape index (κ3) is 2.33. The lowest BCUT2D eigenvalue weighted by Gasteiger charge is -2.05. The molecule has 3 rings (SSSR count). The van der Waals surface area contributed by atoms with Crippen LogP contribution in [0.1, 0.15) is 12.5 Å². The summed E-state index contributed by atoms with van der Waals surface area (Å²) in [4.78, 5) is 16.4. The molecule has 0 aliphatic rings. The number of benzene rings is 1. The van der Waals surface area contributed by atoms with Crippen molar-refractivity contribution in [3.63, 3.8) is 0 Å². The number of nitrogens with two attached hydrogens (primary N) is 1. The minimum atomic E-state index is 0.153. The fraction of sp³-hybridized carbons (Fsp3) is 0.154. The first-order valence-electron chi connectivity index (χ1n) is 6.22. The van der Waals surface area contributed by atoms with Crippen LogP contribution in [0.15, 0.2) is 36.9 Å². The molecule has 0 saturated heterocycles. The highest BCUT2D eigenvalue weighted by Gasteiger charge is 2.08. The Bertz CT molecular complexity index is 704. The van der Waals surface area contributed by atoms with Gasteiger partial charge in [-0.1, -0.05) is 31.2 Å². The fourth-order valence-electron chi connectivity index (χ4n) is 1.81. The molecule has 1 aromatic carbocycles. The van der Waals surface area contributed by atoms with E-state index in [0.717, 1.165) is 12.0 Å². The standard InChI is InChI=1S/C13H13N7/c1-2-9-3-5-10(6-4-9)11-17-12(14)19-13(18-11)20-8-15-7-16-20/h3-8H,2H2,1H3,(H2,14,17,18,19). The molecular weight excluding hydrogens is 254 g/mol. The van der Waals surface area contributed by atoms with Gasteiger partial charge in [0.15, 0.2) is 5.82 Å². The lowest BCUT2D eigenvalue weighted by molar-refractivity contribution is 0.800. The Morgan fingerprint density at radius 1 is 1.10 bits per heavy atom. The first-order valence-corrected chi connectivity index (χ1v) is 6.22. The Labute approximate surface area is 115 Å². The summed E-state index contributed by atoms with van der Waals surface area (Å²) in [6, 6.07) is 8.03. The van der Waals surface area contributed by atoms with Gasteiger partial charge in [0.05, 0.1) is 0 Å². The summed E-state index contributed by atoms with van der Waals surface area (Å²) in [5.74, 6) is 1.02. The molecule has 7 heteroatoms. The Morgan fingerprint density at radius 3 is 2.55 bits per heavy atom. The topological polar surface area (TPSA) is 95.4 Å². The van der Waals surface area contributed by atoms with Gasteiger partial charge in [0.1, 0.15) is 12.7 Å². The molecule has 0 radical (unpaired) electrons. The molecule has 0 bridgehead atoms. The van der Waals surface area contributed by atoms with Crippen LogP contribution in [-0.4, -0.2) is 29.7 Å². The first kappa shape index (κ1) is 12.2. The van der Waals surface area contributed by atoms with Gasteiger partial charge in [0.25, 0.3) is 5.95 Å². The third-order valence-corrected chi connectivity index (χ3v) is 2.88. The summed E-state index contributed by atoms with van der Waals surface area (Å²) in [5, 5.41) is 3.99. The van der Waals surface area contributed by atoms with Crippen molar-refractivity contribution in [1.82, 2.24) is 29.7 Å². The van der Waals surface area contributed by atoms with E-state index in [0.29, 0.717) is 11.8 Å². The van der Waals surface area contributed by atoms with Gasteiger partial charge in [-0.05, 0) is 12.0 Å². The molecule has 0 aliphatic heterocycles. The van der Waals surface area contributed by atoms with E-state index in [2.05, 4.69) is 32.0 Å². The molecule has 2 heterocycles. The van der Waals surface area contributed by atoms with Gasteiger partial charge >= 0.3 is 0 Å². The van der Waals surface area contributed by atoms with E-state index < -0.39 is 0 Å². The molecule has 20 heavy (non-hydrogen) atoms. The molecule has 0 aliphatic carbocycles. The maximum absolute atomic E-state index is 5.74. The van der Waals surface area contributed by atoms with Crippen molar-refractivity contribution < 1.29 is 0 Å². The minimum Gasteiger partial charge on any atom is -0.368 e. The second-order valence-electron chi connectivity index (χ2n) is 4.21. The van der Waals surface area contributed by atoms with Crippen LogP contribution in [0.25, 0.3) is 17.3 Å². The van der Waals surface area contributed by atoms with Crippen molar-refractivity contribution >= 4 is 5.95 Å². The van der Waals surface area contributed by atoms with Gasteiger partial charge in [0, 0.05) is 5.56 Å². The predicted molar refractivity (Wildman–Crippen MR) is 74.0 cm³/mol. The highest BCUT2D eigenvalue weighted by molar-refractivity contribution is 5.57. The highest BCUT2D eigenvalue weighted by atomic mass is 15.4. The van der Waals surface area contributed by atoms with Crippen LogP contribution >= 0.6 is 0 Å². The van der Waals surface area contributed by atoms with Crippen molar-refractivity contribution in [2.45, 2.75) is 13.3 Å². The van der Waals surface area contributed by atoms with E-state index in [1.165, 1.54) is 22.9 Å². The number of rotatable bonds is 3. The zero-order chi connectivity index (χ0) is 13.9. The van der Waals surface area contributed by atoms with Crippen LogP contribution in [-0.2, 0) is 6.42 Å². The number of aryl methyl sites for hydroxylation is 1. The van der Waals surface area contributed by atoms with E-state index in [-0.39, 0.29) is 5.95 Å². The maximum Gasteiger partial charge on any atom is 0.257 e. The quantitative estimate of drug-likeness (QED) is 0.767. The SMILES string of the molecule is CCc1ccc(-c2nc(N)nc(-n3cncn3)n2)cc1. The molecule has 2 aromatic heterocycles. The molecule has 3 aromatic rings. The molecule has 2 N–H and O–H groups in total. The first-order chi connectivity index (χ1) is 9.76. The van der Waals surface area contributed by atoms with Crippen LogP contribution < -0.4 is 5.73 Å². The van der Waals surface area contributed by atoms with Gasteiger partial charge in [-0.3, -0.25) is 0 Å². The number of hydrogen-bond acceptors (Lipinski definition) is 6. The summed E-state index contributed by atoms with van der Waals surface area (Å²) < 4.78 is 1.45. The van der Waals surface area contributed by atoms with Crippen molar-refractivity contribution in [2.24, 2.45) is 0 Å². The molecule has 0 atom stereocenters. The van der Waals surface area contributed by atoms with Crippen LogP contribution in [0.2, 0.25) is 0 Å². The monoisotopic (exact) mass is 267 g/mol. The van der Waals surface area contributed by atoms with Crippen molar-refractivity contribution in [1.29, 1.82) is 0 Å². The van der Waals surface area contributed by atoms with E-state index in [1.54, 1.807) is 0 Å². The second kappa shape index (κ2) is 5.04. The normalized spacial score (nSPS) is 10.7. The average Bonchev–Trinajstić information content (AvgIpc) is 3.01. The summed E-state index contributed by atoms with van der Waals surface area (Å²) in [7, 11) is 0. The maximum atomic E-state index is 5.74. The average molecular weight is 267 g/mol. The number of nitrogen functional groups attached to an aromatic ring is 1. The summed E-state index contributed by atoms with van der Waals surface area (Å²) in [6.07, 6.45) is 3.91. The summed E-state index contributed by atoms with van der Waals surface area (Å²) in [6.45, 7) is 2.11. The molecule has 7 nitrogen and oxygen atoms in total. The van der Waals surface area contributed by atoms with Crippen molar-refractivity contribution in [3.8, 4) is 17.3 Å². The van der Waals surface area contributed by atoms with Gasteiger partial charge in [0.2, 0.25) is 5.95 Å². The van der Waals surface area contributed by atoms with Crippen LogP contribution in [0.3, 0.4) is 0 Å². The zero-order valence-corrected chi connectivity index (χ0v) is 10.9. The molecular formula is C13H13N7. The van der Waals surface area contributed by atoms with Crippen LogP contribution in [0.4, 0.5) is 5.95 Å². The smallest absolute Gasteiger partial charge is 0.257 e. The Balaban J connectivity index is 2.04. The van der Waals surface area contributed by atoms with E-state index in [9.17, 15) is 0 Å².